The fraction of sp³-hybridized carbons (Fsp3) is 0.440. The molecule has 2 aromatic carbocycles. The summed E-state index contributed by atoms with van der Waals surface area (Å²) < 4.78 is 27.3. The zero-order chi connectivity index (χ0) is 25.5. The lowest BCUT2D eigenvalue weighted by molar-refractivity contribution is -0.140. The van der Waals surface area contributed by atoms with Crippen LogP contribution in [0.25, 0.3) is 0 Å². The van der Waals surface area contributed by atoms with Gasteiger partial charge in [0.25, 0.3) is 0 Å². The normalized spacial score (nSPS) is 12.2. The van der Waals surface area contributed by atoms with Gasteiger partial charge in [0.05, 0.1) is 11.9 Å². The molecule has 2 aromatic rings. The molecule has 0 unspecified atom stereocenters. The van der Waals surface area contributed by atoms with Crippen molar-refractivity contribution in [1.29, 1.82) is 0 Å². The number of hydrogen-bond donors (Lipinski definition) is 1. The summed E-state index contributed by atoms with van der Waals surface area (Å²) in [5.74, 6) is -0.424. The van der Waals surface area contributed by atoms with Gasteiger partial charge in [0.1, 0.15) is 6.04 Å². The van der Waals surface area contributed by atoms with Crippen molar-refractivity contribution >= 4 is 43.5 Å². The van der Waals surface area contributed by atoms with Crippen molar-refractivity contribution in [2.75, 3.05) is 23.7 Å². The van der Waals surface area contributed by atoms with Crippen molar-refractivity contribution in [2.24, 2.45) is 0 Å². The van der Waals surface area contributed by atoms with Gasteiger partial charge in [0.15, 0.2) is 0 Å². The van der Waals surface area contributed by atoms with Crippen LogP contribution in [0.5, 0.6) is 0 Å². The van der Waals surface area contributed by atoms with Crippen LogP contribution in [0.1, 0.15) is 43.4 Å². The summed E-state index contributed by atoms with van der Waals surface area (Å²) in [5, 5.41) is 2.78. The van der Waals surface area contributed by atoms with E-state index >= 15 is 0 Å². The Kier molecular flexibility index (Phi) is 10.1. The standard InChI is InChI=1S/C25H34BrN3O4S/c1-6-27-25(31)20(4)28(17-21-9-7-10-22(26)16-21)24(30)11-8-14-29(34(5,32)33)23-15-18(2)12-13-19(23)3/h7,9-10,12-13,15-16,20H,6,8,11,14,17H2,1-5H3,(H,27,31)/t20-/m1/s1. The highest BCUT2D eigenvalue weighted by Crippen LogP contribution is 2.25. The van der Waals surface area contributed by atoms with Crippen molar-refractivity contribution in [3.05, 3.63) is 63.6 Å². The first-order valence-electron chi connectivity index (χ1n) is 11.3. The Labute approximate surface area is 211 Å². The summed E-state index contributed by atoms with van der Waals surface area (Å²) in [7, 11) is -3.53. The van der Waals surface area contributed by atoms with Gasteiger partial charge in [0.2, 0.25) is 21.8 Å². The molecule has 1 N–H and O–H groups in total. The average molecular weight is 553 g/mol. The molecular formula is C25H34BrN3O4S. The number of carbonyl (C=O) groups excluding carboxylic acids is 2. The number of nitrogens with zero attached hydrogens (tertiary/aromatic N) is 2. The Balaban J connectivity index is 2.19. The van der Waals surface area contributed by atoms with Crippen LogP contribution in [0, 0.1) is 13.8 Å². The molecule has 2 rings (SSSR count). The summed E-state index contributed by atoms with van der Waals surface area (Å²) >= 11 is 3.44. The van der Waals surface area contributed by atoms with E-state index in [2.05, 4.69) is 21.2 Å². The molecule has 0 aromatic heterocycles. The van der Waals surface area contributed by atoms with Gasteiger partial charge >= 0.3 is 0 Å². The van der Waals surface area contributed by atoms with E-state index in [0.29, 0.717) is 18.7 Å². The van der Waals surface area contributed by atoms with Crippen molar-refractivity contribution in [2.45, 2.75) is 53.1 Å². The van der Waals surface area contributed by atoms with Crippen molar-refractivity contribution < 1.29 is 18.0 Å². The second-order valence-corrected chi connectivity index (χ2v) is 11.3. The fourth-order valence-corrected chi connectivity index (χ4v) is 5.17. The summed E-state index contributed by atoms with van der Waals surface area (Å²) in [6, 6.07) is 12.6. The minimum atomic E-state index is -3.53. The van der Waals surface area contributed by atoms with Crippen LogP contribution in [0.4, 0.5) is 5.69 Å². The Hall–Kier alpha value is -2.39. The number of rotatable bonds is 11. The van der Waals surface area contributed by atoms with Crippen LogP contribution in [-0.2, 0) is 26.2 Å². The first-order chi connectivity index (χ1) is 15.9. The molecule has 0 saturated carbocycles. The topological polar surface area (TPSA) is 86.8 Å². The van der Waals surface area contributed by atoms with Gasteiger partial charge in [-0.1, -0.05) is 40.2 Å². The molecule has 0 aliphatic rings. The van der Waals surface area contributed by atoms with Gasteiger partial charge in [-0.15, -0.1) is 0 Å². The van der Waals surface area contributed by atoms with E-state index in [0.717, 1.165) is 21.2 Å². The molecule has 0 saturated heterocycles. The van der Waals surface area contributed by atoms with Crippen molar-refractivity contribution in [3.8, 4) is 0 Å². The Morgan fingerprint density at radius 3 is 2.44 bits per heavy atom. The number of likely N-dealkylation sites (N-methyl/N-ethyl adjacent to an activating group) is 1. The van der Waals surface area contributed by atoms with Crippen LogP contribution < -0.4 is 9.62 Å². The third kappa shape index (κ3) is 7.84. The highest BCUT2D eigenvalue weighted by Gasteiger charge is 2.26. The van der Waals surface area contributed by atoms with Gasteiger partial charge in [-0.3, -0.25) is 13.9 Å². The van der Waals surface area contributed by atoms with E-state index in [9.17, 15) is 18.0 Å². The molecule has 0 heterocycles. The smallest absolute Gasteiger partial charge is 0.242 e. The lowest BCUT2D eigenvalue weighted by Crippen LogP contribution is -2.47. The number of anilines is 1. The number of aryl methyl sites for hydroxylation is 2. The van der Waals surface area contributed by atoms with Gasteiger partial charge < -0.3 is 10.2 Å². The van der Waals surface area contributed by atoms with Crippen molar-refractivity contribution in [1.82, 2.24) is 10.2 Å². The minimum Gasteiger partial charge on any atom is -0.355 e. The first-order valence-corrected chi connectivity index (χ1v) is 13.9. The summed E-state index contributed by atoms with van der Waals surface area (Å²) in [6.45, 7) is 8.25. The van der Waals surface area contributed by atoms with Gasteiger partial charge in [-0.25, -0.2) is 8.42 Å². The third-order valence-electron chi connectivity index (χ3n) is 5.55. The number of hydrogen-bond acceptors (Lipinski definition) is 4. The fourth-order valence-electron chi connectivity index (χ4n) is 3.71. The predicted molar refractivity (Wildman–Crippen MR) is 140 cm³/mol. The van der Waals surface area contributed by atoms with Gasteiger partial charge in [-0.05, 0) is 69.0 Å². The molecule has 2 amide bonds. The van der Waals surface area contributed by atoms with Crippen LogP contribution in [0.15, 0.2) is 46.9 Å². The molecule has 186 valence electrons. The Morgan fingerprint density at radius 1 is 1.12 bits per heavy atom. The van der Waals surface area contributed by atoms with E-state index in [1.54, 1.807) is 11.8 Å². The maximum Gasteiger partial charge on any atom is 0.242 e. The highest BCUT2D eigenvalue weighted by atomic mass is 79.9. The molecule has 0 bridgehead atoms. The van der Waals surface area contributed by atoms with E-state index in [-0.39, 0.29) is 31.3 Å². The predicted octanol–water partition coefficient (Wildman–Crippen LogP) is 4.17. The largest absolute Gasteiger partial charge is 0.355 e. The molecule has 9 heteroatoms. The first kappa shape index (κ1) is 27.9. The number of sulfonamides is 1. The van der Waals surface area contributed by atoms with Crippen LogP contribution in [0.3, 0.4) is 0 Å². The summed E-state index contributed by atoms with van der Waals surface area (Å²) in [4.78, 5) is 27.3. The molecule has 34 heavy (non-hydrogen) atoms. The summed E-state index contributed by atoms with van der Waals surface area (Å²) in [5.41, 5.74) is 3.33. The monoisotopic (exact) mass is 551 g/mol. The number of benzene rings is 2. The van der Waals surface area contributed by atoms with E-state index < -0.39 is 16.1 Å². The molecule has 0 aliphatic carbocycles. The number of amides is 2. The van der Waals surface area contributed by atoms with E-state index in [1.807, 2.05) is 63.2 Å². The SMILES string of the molecule is CCNC(=O)[C@@H](C)N(Cc1cccc(Br)c1)C(=O)CCCN(c1cc(C)ccc1C)S(C)(=O)=O. The third-order valence-corrected chi connectivity index (χ3v) is 7.22. The molecule has 0 radical (unpaired) electrons. The molecule has 0 fully saturated rings. The van der Waals surface area contributed by atoms with Crippen LogP contribution in [0.2, 0.25) is 0 Å². The molecule has 1 atom stereocenters. The van der Waals surface area contributed by atoms with Crippen molar-refractivity contribution in [3.63, 3.8) is 0 Å². The average Bonchev–Trinajstić information content (AvgIpc) is 2.75. The molecule has 0 aliphatic heterocycles. The lowest BCUT2D eigenvalue weighted by Gasteiger charge is -2.29. The number of halogens is 1. The van der Waals surface area contributed by atoms with Crippen LogP contribution in [-0.4, -0.2) is 50.5 Å². The molecule has 7 nitrogen and oxygen atoms in total. The lowest BCUT2D eigenvalue weighted by atomic mass is 10.1. The second kappa shape index (κ2) is 12.4. The number of nitrogens with one attached hydrogen (secondary N) is 1. The van der Waals surface area contributed by atoms with Gasteiger partial charge in [0, 0.05) is 30.5 Å². The highest BCUT2D eigenvalue weighted by molar-refractivity contribution is 9.10. The second-order valence-electron chi connectivity index (χ2n) is 8.45. The minimum absolute atomic E-state index is 0.120. The molecule has 0 spiro atoms. The Morgan fingerprint density at radius 2 is 1.82 bits per heavy atom. The van der Waals surface area contributed by atoms with E-state index in [4.69, 9.17) is 0 Å². The summed E-state index contributed by atoms with van der Waals surface area (Å²) in [6.07, 6.45) is 1.62. The van der Waals surface area contributed by atoms with Crippen LogP contribution >= 0.6 is 15.9 Å². The zero-order valence-electron chi connectivity index (χ0n) is 20.5. The Bertz CT molecular complexity index is 1120. The molecular weight excluding hydrogens is 518 g/mol. The van der Waals surface area contributed by atoms with Gasteiger partial charge in [-0.2, -0.15) is 0 Å². The van der Waals surface area contributed by atoms with E-state index in [1.165, 1.54) is 10.6 Å². The zero-order valence-corrected chi connectivity index (χ0v) is 22.9. The maximum absolute atomic E-state index is 13.2. The maximum atomic E-state index is 13.2. The quantitative estimate of drug-likeness (QED) is 0.454. The number of carbonyl (C=O) groups is 2.